The lowest BCUT2D eigenvalue weighted by atomic mass is 9.73. The molecule has 1 saturated heterocycles. The van der Waals surface area contributed by atoms with Crippen LogP contribution in [0.5, 0.6) is 0 Å². The molecule has 2 aliphatic rings. The van der Waals surface area contributed by atoms with Crippen molar-refractivity contribution in [2.24, 2.45) is 0 Å². The molecule has 0 atom stereocenters. The van der Waals surface area contributed by atoms with Crippen LogP contribution >= 0.6 is 0 Å². The molecule has 3 heteroatoms. The van der Waals surface area contributed by atoms with Gasteiger partial charge < -0.3 is 4.74 Å². The molecule has 0 N–H and O–H groups in total. The molecule has 2 fully saturated rings. The normalized spacial score (nSPS) is 33.7. The SMILES string of the molecule is Fc1ncccc1[C@H]1CC[C@]2(CCO2)CC1. The van der Waals surface area contributed by atoms with Crippen LogP contribution in [0.4, 0.5) is 4.39 Å². The molecule has 86 valence electrons. The third-order valence-corrected chi connectivity index (χ3v) is 4.09. The predicted octanol–water partition coefficient (Wildman–Crippen LogP) is 3.04. The first-order valence-electron chi connectivity index (χ1n) is 6.03. The average Bonchev–Trinajstić information content (AvgIpc) is 2.28. The summed E-state index contributed by atoms with van der Waals surface area (Å²) in [4.78, 5) is 3.73. The van der Waals surface area contributed by atoms with Gasteiger partial charge in [0.2, 0.25) is 5.95 Å². The van der Waals surface area contributed by atoms with E-state index in [2.05, 4.69) is 4.98 Å². The maximum atomic E-state index is 13.5. The first kappa shape index (κ1) is 10.2. The summed E-state index contributed by atoms with van der Waals surface area (Å²) in [6, 6.07) is 3.69. The fourth-order valence-electron chi connectivity index (χ4n) is 2.94. The highest BCUT2D eigenvalue weighted by atomic mass is 19.1. The van der Waals surface area contributed by atoms with E-state index in [4.69, 9.17) is 4.74 Å². The van der Waals surface area contributed by atoms with E-state index >= 15 is 0 Å². The number of halogens is 1. The van der Waals surface area contributed by atoms with Crippen molar-refractivity contribution in [2.75, 3.05) is 6.61 Å². The lowest BCUT2D eigenvalue weighted by Gasteiger charge is -2.46. The molecule has 3 rings (SSSR count). The molecule has 2 heterocycles. The second kappa shape index (κ2) is 3.81. The first-order valence-corrected chi connectivity index (χ1v) is 6.03. The van der Waals surface area contributed by atoms with Gasteiger partial charge in [0.15, 0.2) is 0 Å². The average molecular weight is 221 g/mol. The van der Waals surface area contributed by atoms with Crippen molar-refractivity contribution < 1.29 is 9.13 Å². The summed E-state index contributed by atoms with van der Waals surface area (Å²) in [5.41, 5.74) is 0.950. The van der Waals surface area contributed by atoms with E-state index in [1.54, 1.807) is 0 Å². The maximum Gasteiger partial charge on any atom is 0.216 e. The van der Waals surface area contributed by atoms with Crippen molar-refractivity contribution in [3.63, 3.8) is 0 Å². The zero-order chi connectivity index (χ0) is 11.0. The van der Waals surface area contributed by atoms with Gasteiger partial charge in [0, 0.05) is 11.8 Å². The highest BCUT2D eigenvalue weighted by Crippen LogP contribution is 2.45. The minimum Gasteiger partial charge on any atom is -0.375 e. The lowest BCUT2D eigenvalue weighted by Crippen LogP contribution is -2.46. The number of pyridine rings is 1. The van der Waals surface area contributed by atoms with Crippen LogP contribution in [0.2, 0.25) is 0 Å². The van der Waals surface area contributed by atoms with Gasteiger partial charge in [-0.05, 0) is 44.1 Å². The first-order chi connectivity index (χ1) is 7.79. The standard InChI is InChI=1S/C13H16FNO/c14-12-11(2-1-8-15-12)10-3-5-13(6-4-10)7-9-16-13/h1-2,8,10H,3-7,9H2/t10-,13+. The van der Waals surface area contributed by atoms with Crippen molar-refractivity contribution in [3.8, 4) is 0 Å². The summed E-state index contributed by atoms with van der Waals surface area (Å²) in [7, 11) is 0. The van der Waals surface area contributed by atoms with Crippen LogP contribution in [-0.4, -0.2) is 17.2 Å². The second-order valence-corrected chi connectivity index (χ2v) is 4.94. The summed E-state index contributed by atoms with van der Waals surface area (Å²) >= 11 is 0. The Hall–Kier alpha value is -0.960. The zero-order valence-corrected chi connectivity index (χ0v) is 9.29. The molecule has 0 aromatic carbocycles. The molecule has 1 saturated carbocycles. The van der Waals surface area contributed by atoms with Crippen LogP contribution in [-0.2, 0) is 4.74 Å². The van der Waals surface area contributed by atoms with Crippen LogP contribution in [0.25, 0.3) is 0 Å². The van der Waals surface area contributed by atoms with E-state index in [1.165, 1.54) is 12.6 Å². The molecular formula is C13H16FNO. The molecule has 0 radical (unpaired) electrons. The Labute approximate surface area is 94.8 Å². The van der Waals surface area contributed by atoms with E-state index < -0.39 is 0 Å². The van der Waals surface area contributed by atoms with Gasteiger partial charge in [0.05, 0.1) is 12.2 Å². The van der Waals surface area contributed by atoms with Crippen molar-refractivity contribution >= 4 is 0 Å². The quantitative estimate of drug-likeness (QED) is 0.680. The topological polar surface area (TPSA) is 22.1 Å². The Morgan fingerprint density at radius 1 is 1.31 bits per heavy atom. The number of ether oxygens (including phenoxy) is 1. The van der Waals surface area contributed by atoms with Gasteiger partial charge in [-0.2, -0.15) is 4.39 Å². The Morgan fingerprint density at radius 2 is 2.06 bits per heavy atom. The summed E-state index contributed by atoms with van der Waals surface area (Å²) in [5.74, 6) is 0.0431. The van der Waals surface area contributed by atoms with E-state index in [9.17, 15) is 4.39 Å². The minimum absolute atomic E-state index is 0.162. The van der Waals surface area contributed by atoms with E-state index in [-0.39, 0.29) is 11.5 Å². The van der Waals surface area contributed by atoms with Crippen LogP contribution in [0.3, 0.4) is 0 Å². The van der Waals surface area contributed by atoms with E-state index in [1.807, 2.05) is 12.1 Å². The highest BCUT2D eigenvalue weighted by molar-refractivity contribution is 5.18. The number of hydrogen-bond donors (Lipinski definition) is 0. The zero-order valence-electron chi connectivity index (χ0n) is 9.29. The fourth-order valence-corrected chi connectivity index (χ4v) is 2.94. The maximum absolute atomic E-state index is 13.5. The summed E-state index contributed by atoms with van der Waals surface area (Å²) in [5, 5.41) is 0. The molecule has 1 aromatic heterocycles. The molecule has 0 amide bonds. The number of hydrogen-bond acceptors (Lipinski definition) is 2. The summed E-state index contributed by atoms with van der Waals surface area (Å²) in [6.07, 6.45) is 6.91. The fraction of sp³-hybridized carbons (Fsp3) is 0.615. The number of aromatic nitrogens is 1. The summed E-state index contributed by atoms with van der Waals surface area (Å²) < 4.78 is 19.2. The lowest BCUT2D eigenvalue weighted by molar-refractivity contribution is -0.166. The Bertz CT molecular complexity index is 379. The van der Waals surface area contributed by atoms with Gasteiger partial charge in [-0.1, -0.05) is 6.07 Å². The van der Waals surface area contributed by atoms with Gasteiger partial charge in [0.25, 0.3) is 0 Å². The monoisotopic (exact) mass is 221 g/mol. The molecule has 1 aliphatic heterocycles. The molecular weight excluding hydrogens is 205 g/mol. The Morgan fingerprint density at radius 3 is 2.62 bits per heavy atom. The van der Waals surface area contributed by atoms with Crippen molar-refractivity contribution in [1.82, 2.24) is 4.98 Å². The van der Waals surface area contributed by atoms with Gasteiger partial charge in [0.1, 0.15) is 0 Å². The van der Waals surface area contributed by atoms with Gasteiger partial charge in [-0.15, -0.1) is 0 Å². The Balaban J connectivity index is 1.72. The van der Waals surface area contributed by atoms with Crippen LogP contribution in [0.15, 0.2) is 18.3 Å². The van der Waals surface area contributed by atoms with Crippen LogP contribution in [0.1, 0.15) is 43.6 Å². The van der Waals surface area contributed by atoms with Crippen molar-refractivity contribution in [3.05, 3.63) is 29.8 Å². The van der Waals surface area contributed by atoms with E-state index in [0.717, 1.165) is 37.9 Å². The molecule has 0 unspecified atom stereocenters. The van der Waals surface area contributed by atoms with Gasteiger partial charge in [-0.3, -0.25) is 0 Å². The largest absolute Gasteiger partial charge is 0.375 e. The number of nitrogens with zero attached hydrogens (tertiary/aromatic N) is 1. The Kier molecular flexibility index (Phi) is 2.43. The molecule has 0 bridgehead atoms. The smallest absolute Gasteiger partial charge is 0.216 e. The van der Waals surface area contributed by atoms with Gasteiger partial charge >= 0.3 is 0 Å². The van der Waals surface area contributed by atoms with Gasteiger partial charge in [-0.25, -0.2) is 4.98 Å². The summed E-state index contributed by atoms with van der Waals surface area (Å²) in [6.45, 7) is 0.909. The predicted molar refractivity (Wildman–Crippen MR) is 58.7 cm³/mol. The van der Waals surface area contributed by atoms with Crippen LogP contribution in [0, 0.1) is 5.95 Å². The molecule has 1 spiro atoms. The third-order valence-electron chi connectivity index (χ3n) is 4.09. The molecule has 2 nitrogen and oxygen atoms in total. The molecule has 1 aliphatic carbocycles. The van der Waals surface area contributed by atoms with Crippen molar-refractivity contribution in [2.45, 2.75) is 43.6 Å². The number of rotatable bonds is 1. The highest BCUT2D eigenvalue weighted by Gasteiger charge is 2.42. The molecule has 16 heavy (non-hydrogen) atoms. The van der Waals surface area contributed by atoms with Crippen molar-refractivity contribution in [1.29, 1.82) is 0 Å². The second-order valence-electron chi connectivity index (χ2n) is 4.94. The molecule has 1 aromatic rings. The van der Waals surface area contributed by atoms with Crippen LogP contribution < -0.4 is 0 Å². The third kappa shape index (κ3) is 1.63. The van der Waals surface area contributed by atoms with E-state index in [0.29, 0.717) is 5.92 Å². The minimum atomic E-state index is -0.294.